The quantitative estimate of drug-likeness (QED) is 0.852. The number of hydrogen-bond acceptors (Lipinski definition) is 2. The summed E-state index contributed by atoms with van der Waals surface area (Å²) in [6.45, 7) is 8.20. The van der Waals surface area contributed by atoms with Crippen LogP contribution >= 0.6 is 12.2 Å². The molecule has 0 aromatic heterocycles. The molecule has 2 nitrogen and oxygen atoms in total. The van der Waals surface area contributed by atoms with Crippen LogP contribution in [0.5, 0.6) is 11.5 Å². The minimum Gasteiger partial charge on any atom is -0.456 e. The third-order valence-corrected chi connectivity index (χ3v) is 3.71. The summed E-state index contributed by atoms with van der Waals surface area (Å²) in [6.07, 6.45) is 0. The zero-order valence-corrected chi connectivity index (χ0v) is 13.1. The summed E-state index contributed by atoms with van der Waals surface area (Å²) in [4.78, 5) is 0.350. The molecule has 2 aromatic rings. The van der Waals surface area contributed by atoms with E-state index in [-0.39, 0.29) is 0 Å². The second-order valence-corrected chi connectivity index (χ2v) is 5.56. The fourth-order valence-electron chi connectivity index (χ4n) is 2.11. The zero-order chi connectivity index (χ0) is 14.9. The highest BCUT2D eigenvalue weighted by molar-refractivity contribution is 7.80. The number of nitrogens with two attached hydrogens (primary N) is 1. The molecule has 0 saturated heterocycles. The molecule has 2 N–H and O–H groups in total. The molecule has 0 spiro atoms. The lowest BCUT2D eigenvalue weighted by Gasteiger charge is -2.16. The molecule has 0 radical (unpaired) electrons. The van der Waals surface area contributed by atoms with E-state index in [1.165, 1.54) is 5.56 Å². The Kier molecular flexibility index (Phi) is 4.09. The van der Waals surface area contributed by atoms with Crippen molar-refractivity contribution in [3.8, 4) is 11.5 Å². The number of hydrogen-bond donors (Lipinski definition) is 1. The first-order chi connectivity index (χ1) is 9.40. The molecule has 0 fully saturated rings. The van der Waals surface area contributed by atoms with Gasteiger partial charge >= 0.3 is 0 Å². The van der Waals surface area contributed by atoms with Crippen LogP contribution in [0.1, 0.15) is 27.8 Å². The van der Waals surface area contributed by atoms with Gasteiger partial charge < -0.3 is 10.5 Å². The summed E-state index contributed by atoms with van der Waals surface area (Å²) in [5, 5.41) is 0. The normalized spacial score (nSPS) is 10.4. The smallest absolute Gasteiger partial charge is 0.137 e. The topological polar surface area (TPSA) is 35.2 Å². The molecule has 0 aliphatic heterocycles. The lowest BCUT2D eigenvalue weighted by Crippen LogP contribution is -2.11. The van der Waals surface area contributed by atoms with E-state index in [1.54, 1.807) is 0 Å². The molecule has 20 heavy (non-hydrogen) atoms. The van der Waals surface area contributed by atoms with Crippen LogP contribution in [-0.2, 0) is 0 Å². The monoisotopic (exact) mass is 285 g/mol. The van der Waals surface area contributed by atoms with Crippen molar-refractivity contribution >= 4 is 17.2 Å². The third-order valence-electron chi connectivity index (χ3n) is 3.49. The van der Waals surface area contributed by atoms with E-state index in [9.17, 15) is 0 Å². The number of thiocarbonyl (C=S) groups is 1. The van der Waals surface area contributed by atoms with Gasteiger partial charge in [-0.25, -0.2) is 0 Å². The fraction of sp³-hybridized carbons (Fsp3) is 0.235. The Morgan fingerprint density at radius 1 is 1.00 bits per heavy atom. The molecular formula is C17H19NOS. The number of aryl methyl sites for hydroxylation is 3. The Balaban J connectivity index is 2.53. The van der Waals surface area contributed by atoms with Crippen LogP contribution in [0, 0.1) is 27.7 Å². The first-order valence-corrected chi connectivity index (χ1v) is 6.96. The SMILES string of the molecule is Cc1ccc(C(N)=S)c(Oc2c(C)ccc(C)c2C)c1. The highest BCUT2D eigenvalue weighted by Crippen LogP contribution is 2.33. The van der Waals surface area contributed by atoms with Crippen molar-refractivity contribution in [1.29, 1.82) is 0 Å². The Morgan fingerprint density at radius 3 is 2.30 bits per heavy atom. The van der Waals surface area contributed by atoms with E-state index in [1.807, 2.05) is 32.0 Å². The van der Waals surface area contributed by atoms with Gasteiger partial charge in [-0.05, 0) is 62.1 Å². The lowest BCUT2D eigenvalue weighted by atomic mass is 10.0. The molecular weight excluding hydrogens is 266 g/mol. The molecule has 0 saturated carbocycles. The van der Waals surface area contributed by atoms with Gasteiger partial charge in [0.25, 0.3) is 0 Å². The summed E-state index contributed by atoms with van der Waals surface area (Å²) in [5.41, 5.74) is 11.1. The predicted octanol–water partition coefficient (Wildman–Crippen LogP) is 4.35. The van der Waals surface area contributed by atoms with Crippen molar-refractivity contribution < 1.29 is 4.74 Å². The molecule has 2 aromatic carbocycles. The maximum Gasteiger partial charge on any atom is 0.137 e. The Bertz CT molecular complexity index is 677. The van der Waals surface area contributed by atoms with Crippen LogP contribution in [0.15, 0.2) is 30.3 Å². The minimum absolute atomic E-state index is 0.350. The maximum atomic E-state index is 6.13. The standard InChI is InChI=1S/C17H19NOS/c1-10-5-8-14(17(18)20)15(9-10)19-16-12(3)7-6-11(2)13(16)4/h5-9H,1-4H3,(H2,18,20). The summed E-state index contributed by atoms with van der Waals surface area (Å²) in [5.74, 6) is 1.60. The number of rotatable bonds is 3. The van der Waals surface area contributed by atoms with Crippen molar-refractivity contribution in [2.45, 2.75) is 27.7 Å². The van der Waals surface area contributed by atoms with E-state index >= 15 is 0 Å². The Hall–Kier alpha value is -1.87. The largest absolute Gasteiger partial charge is 0.456 e. The highest BCUT2D eigenvalue weighted by atomic mass is 32.1. The van der Waals surface area contributed by atoms with E-state index in [0.717, 1.165) is 28.0 Å². The van der Waals surface area contributed by atoms with Gasteiger partial charge in [0.2, 0.25) is 0 Å². The lowest BCUT2D eigenvalue weighted by molar-refractivity contribution is 0.473. The third kappa shape index (κ3) is 2.83. The molecule has 0 amide bonds. The molecule has 3 heteroatoms. The van der Waals surface area contributed by atoms with Gasteiger partial charge in [0.15, 0.2) is 0 Å². The minimum atomic E-state index is 0.350. The second-order valence-electron chi connectivity index (χ2n) is 5.12. The van der Waals surface area contributed by atoms with Gasteiger partial charge in [-0.3, -0.25) is 0 Å². The van der Waals surface area contributed by atoms with Gasteiger partial charge in [-0.15, -0.1) is 0 Å². The van der Waals surface area contributed by atoms with E-state index in [2.05, 4.69) is 26.0 Å². The van der Waals surface area contributed by atoms with Crippen LogP contribution in [0.25, 0.3) is 0 Å². The highest BCUT2D eigenvalue weighted by Gasteiger charge is 2.12. The van der Waals surface area contributed by atoms with Crippen LogP contribution in [0.3, 0.4) is 0 Å². The fourth-order valence-corrected chi connectivity index (χ4v) is 2.28. The molecule has 0 aliphatic carbocycles. The second kappa shape index (κ2) is 5.63. The molecule has 2 rings (SSSR count). The van der Waals surface area contributed by atoms with Gasteiger partial charge in [-0.2, -0.15) is 0 Å². The van der Waals surface area contributed by atoms with Crippen molar-refractivity contribution in [3.05, 3.63) is 58.1 Å². The van der Waals surface area contributed by atoms with E-state index < -0.39 is 0 Å². The molecule has 0 aliphatic rings. The molecule has 0 heterocycles. The molecule has 0 unspecified atom stereocenters. The van der Waals surface area contributed by atoms with Crippen molar-refractivity contribution in [2.75, 3.05) is 0 Å². The molecule has 0 bridgehead atoms. The van der Waals surface area contributed by atoms with Crippen LogP contribution in [0.2, 0.25) is 0 Å². The Labute approximate surface area is 125 Å². The van der Waals surface area contributed by atoms with Gasteiger partial charge in [-0.1, -0.05) is 30.4 Å². The van der Waals surface area contributed by atoms with Crippen LogP contribution < -0.4 is 10.5 Å². The summed E-state index contributed by atoms with van der Waals surface area (Å²) in [7, 11) is 0. The van der Waals surface area contributed by atoms with Crippen LogP contribution in [0.4, 0.5) is 0 Å². The van der Waals surface area contributed by atoms with Gasteiger partial charge in [0.05, 0.1) is 5.56 Å². The first kappa shape index (κ1) is 14.5. The summed E-state index contributed by atoms with van der Waals surface area (Å²) >= 11 is 5.10. The predicted molar refractivity (Wildman–Crippen MR) is 87.8 cm³/mol. The summed E-state index contributed by atoms with van der Waals surface area (Å²) < 4.78 is 6.13. The van der Waals surface area contributed by atoms with Crippen molar-refractivity contribution in [3.63, 3.8) is 0 Å². The van der Waals surface area contributed by atoms with Crippen LogP contribution in [-0.4, -0.2) is 4.99 Å². The first-order valence-electron chi connectivity index (χ1n) is 6.55. The number of benzene rings is 2. The molecule has 0 atom stereocenters. The van der Waals surface area contributed by atoms with Crippen molar-refractivity contribution in [2.24, 2.45) is 5.73 Å². The van der Waals surface area contributed by atoms with Gasteiger partial charge in [0.1, 0.15) is 16.5 Å². The average molecular weight is 285 g/mol. The van der Waals surface area contributed by atoms with E-state index in [0.29, 0.717) is 10.7 Å². The zero-order valence-electron chi connectivity index (χ0n) is 12.3. The maximum absolute atomic E-state index is 6.13. The van der Waals surface area contributed by atoms with E-state index in [4.69, 9.17) is 22.7 Å². The molecule has 104 valence electrons. The number of ether oxygens (including phenoxy) is 1. The Morgan fingerprint density at radius 2 is 1.65 bits per heavy atom. The average Bonchev–Trinajstić information content (AvgIpc) is 2.39. The van der Waals surface area contributed by atoms with Gasteiger partial charge in [0, 0.05) is 0 Å². The summed E-state index contributed by atoms with van der Waals surface area (Å²) in [6, 6.07) is 10.0. The van der Waals surface area contributed by atoms with Crippen molar-refractivity contribution in [1.82, 2.24) is 0 Å².